The Morgan fingerprint density at radius 3 is 2.59 bits per heavy atom. The van der Waals surface area contributed by atoms with Crippen molar-refractivity contribution in [3.8, 4) is 0 Å². The molecule has 2 aromatic carbocycles. The molecule has 3 nitrogen and oxygen atoms in total. The predicted octanol–water partition coefficient (Wildman–Crippen LogP) is 3.52. The third-order valence-electron chi connectivity index (χ3n) is 3.56. The summed E-state index contributed by atoms with van der Waals surface area (Å²) in [5.41, 5.74) is 7.69. The molecule has 0 saturated carbocycles. The second-order valence-electron chi connectivity index (χ2n) is 5.36. The van der Waals surface area contributed by atoms with E-state index in [2.05, 4.69) is 0 Å². The zero-order chi connectivity index (χ0) is 15.6. The normalized spacial score (nSPS) is 13.3. The molecular formula is C17H17NO2S2. The highest BCUT2D eigenvalue weighted by atomic mass is 32.2. The quantitative estimate of drug-likeness (QED) is 0.778. The molecule has 0 saturated heterocycles. The minimum Gasteiger partial charge on any atom is -0.323 e. The number of thiophene rings is 1. The first-order valence-electron chi connectivity index (χ1n) is 7.01. The fourth-order valence-electron chi connectivity index (χ4n) is 2.49. The summed E-state index contributed by atoms with van der Waals surface area (Å²) in [6.45, 7) is 0. The van der Waals surface area contributed by atoms with Gasteiger partial charge in [0, 0.05) is 10.7 Å². The highest BCUT2D eigenvalue weighted by molar-refractivity contribution is 7.90. The number of benzene rings is 2. The minimum atomic E-state index is -3.26. The number of hydrogen-bond donors (Lipinski definition) is 1. The lowest BCUT2D eigenvalue weighted by Gasteiger charge is -2.12. The van der Waals surface area contributed by atoms with Crippen LogP contribution in [-0.4, -0.2) is 14.2 Å². The second kappa shape index (κ2) is 6.20. The first-order valence-corrected chi connectivity index (χ1v) is 9.71. The maximum Gasteiger partial charge on any atom is 0.156 e. The van der Waals surface area contributed by atoms with Gasteiger partial charge in [-0.25, -0.2) is 8.42 Å². The molecule has 1 aromatic heterocycles. The molecule has 0 bridgehead atoms. The number of hydrogen-bond acceptors (Lipinski definition) is 4. The molecule has 1 atom stereocenters. The Balaban J connectivity index is 1.75. The van der Waals surface area contributed by atoms with Gasteiger partial charge in [-0.1, -0.05) is 36.4 Å². The van der Waals surface area contributed by atoms with E-state index >= 15 is 0 Å². The predicted molar refractivity (Wildman–Crippen MR) is 92.7 cm³/mol. The maximum absolute atomic E-state index is 12.4. The number of sulfone groups is 1. The Labute approximate surface area is 134 Å². The fraction of sp³-hybridized carbons (Fsp3) is 0.176. The van der Waals surface area contributed by atoms with Gasteiger partial charge in [0.05, 0.1) is 11.5 Å². The van der Waals surface area contributed by atoms with Gasteiger partial charge in [0.2, 0.25) is 0 Å². The molecule has 0 spiro atoms. The molecule has 1 unspecified atom stereocenters. The molecule has 114 valence electrons. The Morgan fingerprint density at radius 1 is 1.05 bits per heavy atom. The minimum absolute atomic E-state index is 0.0271. The molecule has 0 amide bonds. The molecule has 0 aliphatic carbocycles. The first-order chi connectivity index (χ1) is 10.5. The van der Waals surface area contributed by atoms with Crippen molar-refractivity contribution < 1.29 is 8.42 Å². The number of nitrogens with two attached hydrogens (primary N) is 1. The number of fused-ring (bicyclic) bond motifs is 1. The van der Waals surface area contributed by atoms with E-state index in [9.17, 15) is 8.42 Å². The van der Waals surface area contributed by atoms with Crippen LogP contribution in [0.25, 0.3) is 10.1 Å². The van der Waals surface area contributed by atoms with Crippen molar-refractivity contribution >= 4 is 31.3 Å². The number of rotatable bonds is 5. The summed E-state index contributed by atoms with van der Waals surface area (Å²) >= 11 is 1.65. The van der Waals surface area contributed by atoms with Gasteiger partial charge in [0.15, 0.2) is 9.84 Å². The van der Waals surface area contributed by atoms with Gasteiger partial charge >= 0.3 is 0 Å². The largest absolute Gasteiger partial charge is 0.323 e. The summed E-state index contributed by atoms with van der Waals surface area (Å²) in [6.07, 6.45) is 0. The molecule has 0 aliphatic heterocycles. The standard InChI is InChI=1S/C17H17NO2S2/c18-16(14-4-2-1-3-5-14)12-22(19,20)11-13-6-7-17-15(10-13)8-9-21-17/h1-10,16H,11-12,18H2. The average molecular weight is 331 g/mol. The van der Waals surface area contributed by atoms with Crippen LogP contribution >= 0.6 is 11.3 Å². The monoisotopic (exact) mass is 331 g/mol. The summed E-state index contributed by atoms with van der Waals surface area (Å²) in [5, 5.41) is 3.10. The van der Waals surface area contributed by atoms with Gasteiger partial charge in [-0.2, -0.15) is 0 Å². The van der Waals surface area contributed by atoms with E-state index in [4.69, 9.17) is 5.73 Å². The molecule has 5 heteroatoms. The highest BCUT2D eigenvalue weighted by Crippen LogP contribution is 2.23. The van der Waals surface area contributed by atoms with Gasteiger partial charge in [-0.05, 0) is 40.1 Å². The molecule has 0 radical (unpaired) electrons. The molecule has 22 heavy (non-hydrogen) atoms. The summed E-state index contributed by atoms with van der Waals surface area (Å²) in [7, 11) is -3.26. The van der Waals surface area contributed by atoms with Crippen molar-refractivity contribution in [1.29, 1.82) is 0 Å². The molecule has 2 N–H and O–H groups in total. The van der Waals surface area contributed by atoms with E-state index in [1.807, 2.05) is 60.0 Å². The van der Waals surface area contributed by atoms with Gasteiger partial charge in [0.1, 0.15) is 0 Å². The van der Waals surface area contributed by atoms with Crippen LogP contribution in [0.1, 0.15) is 17.2 Å². The van der Waals surface area contributed by atoms with Crippen LogP contribution in [0.15, 0.2) is 60.0 Å². The van der Waals surface area contributed by atoms with Crippen LogP contribution < -0.4 is 5.73 Å². The van der Waals surface area contributed by atoms with Crippen molar-refractivity contribution in [2.24, 2.45) is 5.73 Å². The summed E-state index contributed by atoms with van der Waals surface area (Å²) in [5.74, 6) is -0.0159. The van der Waals surface area contributed by atoms with E-state index in [-0.39, 0.29) is 11.5 Å². The Morgan fingerprint density at radius 2 is 1.82 bits per heavy atom. The van der Waals surface area contributed by atoms with Crippen LogP contribution in [0.2, 0.25) is 0 Å². The van der Waals surface area contributed by atoms with Crippen LogP contribution in [0.4, 0.5) is 0 Å². The van der Waals surface area contributed by atoms with E-state index in [1.54, 1.807) is 11.3 Å². The lowest BCUT2D eigenvalue weighted by Crippen LogP contribution is -2.22. The van der Waals surface area contributed by atoms with Gasteiger partial charge in [-0.15, -0.1) is 11.3 Å². The van der Waals surface area contributed by atoms with Crippen LogP contribution in [0, 0.1) is 0 Å². The summed E-state index contributed by atoms with van der Waals surface area (Å²) in [4.78, 5) is 0. The SMILES string of the molecule is NC(CS(=O)(=O)Cc1ccc2sccc2c1)c1ccccc1. The smallest absolute Gasteiger partial charge is 0.156 e. The Bertz CT molecular complexity index is 870. The topological polar surface area (TPSA) is 60.2 Å². The van der Waals surface area contributed by atoms with Crippen molar-refractivity contribution in [2.75, 3.05) is 5.75 Å². The van der Waals surface area contributed by atoms with Crippen molar-refractivity contribution in [2.45, 2.75) is 11.8 Å². The fourth-order valence-corrected chi connectivity index (χ4v) is 4.80. The third-order valence-corrected chi connectivity index (χ3v) is 6.10. The Kier molecular flexibility index (Phi) is 4.29. The van der Waals surface area contributed by atoms with E-state index in [1.165, 1.54) is 4.70 Å². The van der Waals surface area contributed by atoms with Gasteiger partial charge in [0.25, 0.3) is 0 Å². The second-order valence-corrected chi connectivity index (χ2v) is 8.42. The average Bonchev–Trinajstić information content (AvgIpc) is 2.94. The zero-order valence-corrected chi connectivity index (χ0v) is 13.6. The summed E-state index contributed by atoms with van der Waals surface area (Å²) in [6, 6.07) is 16.7. The summed E-state index contributed by atoms with van der Waals surface area (Å²) < 4.78 is 25.9. The lowest BCUT2D eigenvalue weighted by atomic mass is 10.1. The maximum atomic E-state index is 12.4. The molecule has 1 heterocycles. The Hall–Kier alpha value is -1.69. The molecule has 3 aromatic rings. The molecule has 0 aliphatic rings. The van der Waals surface area contributed by atoms with Crippen LogP contribution in [0.5, 0.6) is 0 Å². The third kappa shape index (κ3) is 3.55. The van der Waals surface area contributed by atoms with Crippen LogP contribution in [0.3, 0.4) is 0 Å². The molecule has 0 fully saturated rings. The van der Waals surface area contributed by atoms with Crippen molar-refractivity contribution in [3.05, 3.63) is 71.1 Å². The molecule has 3 rings (SSSR count). The lowest BCUT2D eigenvalue weighted by molar-refractivity contribution is 0.588. The van der Waals surface area contributed by atoms with E-state index in [0.29, 0.717) is 0 Å². The molecular weight excluding hydrogens is 314 g/mol. The van der Waals surface area contributed by atoms with E-state index in [0.717, 1.165) is 16.5 Å². The van der Waals surface area contributed by atoms with Gasteiger partial charge in [-0.3, -0.25) is 0 Å². The van der Waals surface area contributed by atoms with Crippen LogP contribution in [-0.2, 0) is 15.6 Å². The van der Waals surface area contributed by atoms with Gasteiger partial charge < -0.3 is 5.73 Å². The van der Waals surface area contributed by atoms with Crippen molar-refractivity contribution in [1.82, 2.24) is 0 Å². The first kappa shape index (κ1) is 15.2. The zero-order valence-electron chi connectivity index (χ0n) is 12.0. The van der Waals surface area contributed by atoms with Crippen molar-refractivity contribution in [3.63, 3.8) is 0 Å². The van der Waals surface area contributed by atoms with E-state index < -0.39 is 15.9 Å². The highest BCUT2D eigenvalue weighted by Gasteiger charge is 2.18.